The number of hydrogen-bond acceptors (Lipinski definition) is 5. The van der Waals surface area contributed by atoms with Crippen LogP contribution >= 0.6 is 0 Å². The SMILES string of the molecule is C[C@]1(c2ccccc2)N=C(c2ccccc2)C(=O)N1CC(=O)Nc1ccc2c(c1)CC1(C2)C(=O)Nc2ncccc21. The van der Waals surface area contributed by atoms with E-state index >= 15 is 0 Å². The fourth-order valence-electron chi connectivity index (χ4n) is 6.32. The maximum atomic E-state index is 13.7. The molecule has 0 radical (unpaired) electrons. The number of anilines is 2. The zero-order valence-electron chi connectivity index (χ0n) is 22.4. The van der Waals surface area contributed by atoms with Crippen LogP contribution in [0.3, 0.4) is 0 Å². The van der Waals surface area contributed by atoms with E-state index in [4.69, 9.17) is 4.99 Å². The first-order chi connectivity index (χ1) is 19.9. The Morgan fingerprint density at radius 1 is 0.927 bits per heavy atom. The molecule has 0 bridgehead atoms. The van der Waals surface area contributed by atoms with Crippen LogP contribution in [0.5, 0.6) is 0 Å². The Kier molecular flexibility index (Phi) is 5.61. The molecule has 3 heterocycles. The first-order valence-electron chi connectivity index (χ1n) is 13.6. The van der Waals surface area contributed by atoms with Gasteiger partial charge in [-0.3, -0.25) is 19.3 Å². The summed E-state index contributed by atoms with van der Waals surface area (Å²) in [6.45, 7) is 1.68. The van der Waals surface area contributed by atoms with Crippen LogP contribution in [-0.2, 0) is 38.3 Å². The molecule has 3 amide bonds. The summed E-state index contributed by atoms with van der Waals surface area (Å²) >= 11 is 0. The largest absolute Gasteiger partial charge is 0.325 e. The van der Waals surface area contributed by atoms with Crippen molar-refractivity contribution in [2.75, 3.05) is 17.2 Å². The van der Waals surface area contributed by atoms with Gasteiger partial charge in [-0.1, -0.05) is 72.8 Å². The van der Waals surface area contributed by atoms with Gasteiger partial charge in [-0.15, -0.1) is 0 Å². The second-order valence-electron chi connectivity index (χ2n) is 10.9. The molecule has 3 aliphatic rings. The molecule has 41 heavy (non-hydrogen) atoms. The van der Waals surface area contributed by atoms with E-state index in [0.717, 1.165) is 22.3 Å². The van der Waals surface area contributed by atoms with Gasteiger partial charge in [-0.05, 0) is 54.7 Å². The molecule has 1 aliphatic carbocycles. The topological polar surface area (TPSA) is 104 Å². The van der Waals surface area contributed by atoms with Crippen LogP contribution in [0.4, 0.5) is 11.5 Å². The van der Waals surface area contributed by atoms with Crippen molar-refractivity contribution in [3.05, 3.63) is 125 Å². The highest BCUT2D eigenvalue weighted by Gasteiger charge is 2.51. The lowest BCUT2D eigenvalue weighted by molar-refractivity contribution is -0.132. The van der Waals surface area contributed by atoms with Gasteiger partial charge in [0.15, 0.2) is 5.66 Å². The van der Waals surface area contributed by atoms with Gasteiger partial charge in [0.1, 0.15) is 18.1 Å². The van der Waals surface area contributed by atoms with Gasteiger partial charge in [0.25, 0.3) is 5.91 Å². The molecular formula is C33H27N5O3. The number of benzene rings is 3. The standard InChI is InChI=1S/C33H27N5O3/c1-32(24-11-6-3-7-12-24)37-28(21-9-4-2-5-10-21)30(40)38(32)20-27(39)35-25-15-14-22-18-33(19-23(22)17-25)26-13-8-16-34-29(26)36-31(33)41/h2-17H,18-20H2,1H3,(H,35,39)(H,34,36,41)/t32-,33?/m0/s1. The quantitative estimate of drug-likeness (QED) is 0.395. The fraction of sp³-hybridized carbons (Fsp3) is 0.182. The Labute approximate surface area is 237 Å². The summed E-state index contributed by atoms with van der Waals surface area (Å²) in [5, 5.41) is 5.90. The number of hydrogen-bond donors (Lipinski definition) is 2. The van der Waals surface area contributed by atoms with Gasteiger partial charge in [-0.25, -0.2) is 9.98 Å². The van der Waals surface area contributed by atoms with Gasteiger partial charge in [0, 0.05) is 23.0 Å². The third kappa shape index (κ3) is 3.94. The van der Waals surface area contributed by atoms with Crippen LogP contribution in [0.25, 0.3) is 0 Å². The Morgan fingerprint density at radius 2 is 1.66 bits per heavy atom. The Bertz CT molecular complexity index is 1750. The smallest absolute Gasteiger partial charge is 0.275 e. The second-order valence-corrected chi connectivity index (χ2v) is 10.9. The Hall–Kier alpha value is -5.11. The van der Waals surface area contributed by atoms with E-state index in [0.29, 0.717) is 35.6 Å². The first kappa shape index (κ1) is 24.9. The number of rotatable bonds is 5. The second kappa shape index (κ2) is 9.23. The zero-order valence-corrected chi connectivity index (χ0v) is 22.4. The Morgan fingerprint density at radius 3 is 2.44 bits per heavy atom. The number of pyridine rings is 1. The molecule has 2 N–H and O–H groups in total. The lowest BCUT2D eigenvalue weighted by Gasteiger charge is -2.33. The van der Waals surface area contributed by atoms with Crippen molar-refractivity contribution in [3.63, 3.8) is 0 Å². The van der Waals surface area contributed by atoms with E-state index in [-0.39, 0.29) is 24.3 Å². The summed E-state index contributed by atoms with van der Waals surface area (Å²) in [5.41, 5.74) is 3.75. The molecule has 8 heteroatoms. The lowest BCUT2D eigenvalue weighted by atomic mass is 9.79. The summed E-state index contributed by atoms with van der Waals surface area (Å²) in [6.07, 6.45) is 2.79. The van der Waals surface area contributed by atoms with Crippen LogP contribution in [0.1, 0.15) is 34.7 Å². The van der Waals surface area contributed by atoms with Gasteiger partial charge in [-0.2, -0.15) is 0 Å². The van der Waals surface area contributed by atoms with Gasteiger partial charge in [0.2, 0.25) is 11.8 Å². The number of carbonyl (C=O) groups excluding carboxylic acids is 3. The highest BCUT2D eigenvalue weighted by molar-refractivity contribution is 6.47. The molecule has 2 aliphatic heterocycles. The van der Waals surface area contributed by atoms with E-state index in [2.05, 4.69) is 15.6 Å². The third-order valence-corrected chi connectivity index (χ3v) is 8.44. The molecule has 1 aromatic heterocycles. The maximum absolute atomic E-state index is 13.7. The molecule has 7 rings (SSSR count). The average molecular weight is 542 g/mol. The number of nitrogens with zero attached hydrogens (tertiary/aromatic N) is 3. The minimum absolute atomic E-state index is 0.0463. The molecular weight excluding hydrogens is 514 g/mol. The molecule has 2 atom stereocenters. The number of carbonyl (C=O) groups is 3. The van der Waals surface area contributed by atoms with Gasteiger partial charge >= 0.3 is 0 Å². The molecule has 0 saturated heterocycles. The monoisotopic (exact) mass is 541 g/mol. The van der Waals surface area contributed by atoms with Crippen LogP contribution in [-0.4, -0.2) is 39.9 Å². The zero-order chi connectivity index (χ0) is 28.2. The van der Waals surface area contributed by atoms with Gasteiger partial charge < -0.3 is 10.6 Å². The first-order valence-corrected chi connectivity index (χ1v) is 13.6. The van der Waals surface area contributed by atoms with Crippen LogP contribution < -0.4 is 10.6 Å². The predicted octanol–water partition coefficient (Wildman–Crippen LogP) is 4.21. The maximum Gasteiger partial charge on any atom is 0.275 e. The molecule has 0 fully saturated rings. The summed E-state index contributed by atoms with van der Waals surface area (Å²) in [7, 11) is 0. The van der Waals surface area contributed by atoms with Crippen LogP contribution in [0, 0.1) is 0 Å². The number of aliphatic imine (C=N–C) groups is 1. The molecule has 3 aromatic carbocycles. The van der Waals surface area contributed by atoms with Crippen molar-refractivity contribution in [3.8, 4) is 0 Å². The van der Waals surface area contributed by atoms with Crippen molar-refractivity contribution in [1.29, 1.82) is 0 Å². The summed E-state index contributed by atoms with van der Waals surface area (Å²) in [6, 6.07) is 28.4. The number of fused-ring (bicyclic) bond motifs is 3. The third-order valence-electron chi connectivity index (χ3n) is 8.44. The predicted molar refractivity (Wildman–Crippen MR) is 156 cm³/mol. The van der Waals surface area contributed by atoms with E-state index < -0.39 is 11.1 Å². The number of nitrogens with one attached hydrogen (secondary N) is 2. The lowest BCUT2D eigenvalue weighted by Crippen LogP contribution is -2.46. The highest BCUT2D eigenvalue weighted by atomic mass is 16.2. The van der Waals surface area contributed by atoms with Crippen molar-refractivity contribution < 1.29 is 14.4 Å². The van der Waals surface area contributed by atoms with Gasteiger partial charge in [0.05, 0.1) is 5.41 Å². The minimum atomic E-state index is -1.04. The number of amides is 3. The van der Waals surface area contributed by atoms with Crippen molar-refractivity contribution in [2.24, 2.45) is 4.99 Å². The van der Waals surface area contributed by atoms with Crippen molar-refractivity contribution in [2.45, 2.75) is 30.8 Å². The molecule has 4 aromatic rings. The van der Waals surface area contributed by atoms with E-state index in [9.17, 15) is 14.4 Å². The molecule has 1 unspecified atom stereocenters. The molecule has 1 spiro atoms. The van der Waals surface area contributed by atoms with Crippen molar-refractivity contribution in [1.82, 2.24) is 9.88 Å². The van der Waals surface area contributed by atoms with E-state index in [1.54, 1.807) is 6.20 Å². The molecule has 202 valence electrons. The minimum Gasteiger partial charge on any atom is -0.325 e. The normalized spacial score (nSPS) is 22.4. The summed E-state index contributed by atoms with van der Waals surface area (Å²) < 4.78 is 0. The van der Waals surface area contributed by atoms with Crippen molar-refractivity contribution >= 4 is 34.9 Å². The highest BCUT2D eigenvalue weighted by Crippen LogP contribution is 2.47. The fourth-order valence-corrected chi connectivity index (χ4v) is 6.32. The summed E-state index contributed by atoms with van der Waals surface area (Å²) in [5.74, 6) is -0.0541. The van der Waals surface area contributed by atoms with E-state index in [1.165, 1.54) is 4.90 Å². The molecule has 8 nitrogen and oxygen atoms in total. The van der Waals surface area contributed by atoms with Crippen LogP contribution in [0.2, 0.25) is 0 Å². The number of aromatic nitrogens is 1. The average Bonchev–Trinajstić information content (AvgIpc) is 3.60. The van der Waals surface area contributed by atoms with E-state index in [1.807, 2.05) is 97.9 Å². The summed E-state index contributed by atoms with van der Waals surface area (Å²) in [4.78, 5) is 50.9. The Balaban J connectivity index is 1.13. The molecule has 0 saturated carbocycles. The van der Waals surface area contributed by atoms with Crippen LogP contribution in [0.15, 0.2) is 102 Å².